The first-order valence-electron chi connectivity index (χ1n) is 10.9. The van der Waals surface area contributed by atoms with E-state index >= 15 is 0 Å². The Hall–Kier alpha value is -3.88. The molecule has 3 aromatic rings. The van der Waals surface area contributed by atoms with Gasteiger partial charge >= 0.3 is 0 Å². The Morgan fingerprint density at radius 3 is 2.52 bits per heavy atom. The molecule has 2 aliphatic heterocycles. The molecular formula is C24H25N5O4. The first kappa shape index (κ1) is 21.0. The van der Waals surface area contributed by atoms with Crippen LogP contribution >= 0.6 is 0 Å². The van der Waals surface area contributed by atoms with Crippen LogP contribution in [0.3, 0.4) is 0 Å². The van der Waals surface area contributed by atoms with Crippen LogP contribution in [0.15, 0.2) is 42.6 Å². The maximum atomic E-state index is 13.1. The lowest BCUT2D eigenvalue weighted by Gasteiger charge is -2.30. The molecule has 0 radical (unpaired) electrons. The summed E-state index contributed by atoms with van der Waals surface area (Å²) in [5, 5.41) is 10.9. The van der Waals surface area contributed by atoms with Gasteiger partial charge in [0, 0.05) is 37.7 Å². The van der Waals surface area contributed by atoms with Gasteiger partial charge in [-0.2, -0.15) is 9.90 Å². The van der Waals surface area contributed by atoms with Gasteiger partial charge in [0.1, 0.15) is 22.8 Å². The lowest BCUT2D eigenvalue weighted by atomic mass is 9.98. The zero-order chi connectivity index (χ0) is 23.2. The first-order valence-corrected chi connectivity index (χ1v) is 10.9. The third-order valence-electron chi connectivity index (χ3n) is 5.76. The molecule has 3 heterocycles. The Morgan fingerprint density at radius 1 is 1.12 bits per heavy atom. The van der Waals surface area contributed by atoms with E-state index in [-0.39, 0.29) is 11.8 Å². The molecule has 1 N–H and O–H groups in total. The molecule has 170 valence electrons. The van der Waals surface area contributed by atoms with Crippen molar-refractivity contribution in [2.75, 3.05) is 18.4 Å². The maximum absolute atomic E-state index is 13.1. The number of hydrogen-bond donors (Lipinski definition) is 1. The molecule has 9 heteroatoms. The number of benzene rings is 2. The third kappa shape index (κ3) is 4.13. The molecule has 5 rings (SSSR count). The van der Waals surface area contributed by atoms with Gasteiger partial charge in [-0.1, -0.05) is 0 Å². The number of carbonyl (C=O) groups excluding carboxylic acids is 2. The number of aryl methyl sites for hydroxylation is 1. The Kier molecular flexibility index (Phi) is 5.03. The van der Waals surface area contributed by atoms with Gasteiger partial charge in [0.05, 0.1) is 11.8 Å². The number of amides is 2. The predicted octanol–water partition coefficient (Wildman–Crippen LogP) is 3.42. The summed E-state index contributed by atoms with van der Waals surface area (Å²) < 4.78 is 12.3. The number of rotatable bonds is 5. The summed E-state index contributed by atoms with van der Waals surface area (Å²) in [7, 11) is 1.68. The summed E-state index contributed by atoms with van der Waals surface area (Å²) in [6.45, 7) is 5.58. The number of aromatic nitrogens is 3. The van der Waals surface area contributed by atoms with Gasteiger partial charge in [-0.25, -0.2) is 0 Å². The van der Waals surface area contributed by atoms with Crippen molar-refractivity contribution < 1.29 is 19.1 Å². The van der Waals surface area contributed by atoms with E-state index in [1.165, 1.54) is 11.0 Å². The molecule has 1 saturated heterocycles. The fraction of sp³-hybridized carbons (Fsp3) is 0.333. The standard InChI is InChI=1S/C24H25N5O4/c1-24(2)13-18-19(33-24)10-9-17(22(30)26-20-14-25-28(3)27-20)21(18)32-16-7-5-15(6-8-16)23(31)29-11-4-12-29/h5-10,14H,4,11-13H2,1-3H3,(H,26,27,30). The Labute approximate surface area is 191 Å². The molecule has 1 aromatic heterocycles. The van der Waals surface area contributed by atoms with Crippen LogP contribution in [0.1, 0.15) is 46.5 Å². The summed E-state index contributed by atoms with van der Waals surface area (Å²) >= 11 is 0. The molecule has 9 nitrogen and oxygen atoms in total. The number of hydrogen-bond acceptors (Lipinski definition) is 6. The minimum absolute atomic E-state index is 0.0209. The van der Waals surface area contributed by atoms with Crippen LogP contribution in [0.25, 0.3) is 0 Å². The van der Waals surface area contributed by atoms with Crippen LogP contribution in [0.2, 0.25) is 0 Å². The fourth-order valence-corrected chi connectivity index (χ4v) is 4.00. The second-order valence-electron chi connectivity index (χ2n) is 8.90. The smallest absolute Gasteiger partial charge is 0.260 e. The summed E-state index contributed by atoms with van der Waals surface area (Å²) in [5.41, 5.74) is 1.40. The van der Waals surface area contributed by atoms with Crippen molar-refractivity contribution in [3.8, 4) is 17.2 Å². The minimum Gasteiger partial charge on any atom is -0.487 e. The molecule has 1 fully saturated rings. The van der Waals surface area contributed by atoms with Gasteiger partial charge in [-0.15, -0.1) is 5.10 Å². The Morgan fingerprint density at radius 2 is 1.88 bits per heavy atom. The lowest BCUT2D eigenvalue weighted by Crippen LogP contribution is -2.41. The fourth-order valence-electron chi connectivity index (χ4n) is 4.00. The van der Waals surface area contributed by atoms with E-state index in [1.54, 1.807) is 43.4 Å². The largest absolute Gasteiger partial charge is 0.487 e. The van der Waals surface area contributed by atoms with Gasteiger partial charge in [0.25, 0.3) is 11.8 Å². The number of ether oxygens (including phenoxy) is 2. The van der Waals surface area contributed by atoms with Gasteiger partial charge in [-0.05, 0) is 56.7 Å². The number of anilines is 1. The maximum Gasteiger partial charge on any atom is 0.260 e. The van der Waals surface area contributed by atoms with E-state index in [0.29, 0.717) is 40.6 Å². The van der Waals surface area contributed by atoms with E-state index < -0.39 is 5.60 Å². The zero-order valence-electron chi connectivity index (χ0n) is 18.8. The average Bonchev–Trinajstić information content (AvgIpc) is 3.28. The van der Waals surface area contributed by atoms with Crippen molar-refractivity contribution in [3.05, 3.63) is 59.3 Å². The van der Waals surface area contributed by atoms with E-state index in [2.05, 4.69) is 15.5 Å². The highest BCUT2D eigenvalue weighted by Crippen LogP contribution is 2.44. The summed E-state index contributed by atoms with van der Waals surface area (Å²) in [6, 6.07) is 10.5. The first-order chi connectivity index (χ1) is 15.8. The van der Waals surface area contributed by atoms with E-state index in [1.807, 2.05) is 18.7 Å². The number of nitrogens with zero attached hydrogens (tertiary/aromatic N) is 4. The van der Waals surface area contributed by atoms with Crippen LogP contribution in [0.4, 0.5) is 5.82 Å². The molecular weight excluding hydrogens is 422 g/mol. The number of nitrogens with one attached hydrogen (secondary N) is 1. The monoisotopic (exact) mass is 447 g/mol. The summed E-state index contributed by atoms with van der Waals surface area (Å²) in [5.74, 6) is 1.66. The van der Waals surface area contributed by atoms with E-state index in [9.17, 15) is 9.59 Å². The van der Waals surface area contributed by atoms with Crippen LogP contribution in [-0.2, 0) is 13.5 Å². The van der Waals surface area contributed by atoms with Crippen LogP contribution in [-0.4, -0.2) is 50.4 Å². The van der Waals surface area contributed by atoms with Gasteiger partial charge in [-0.3, -0.25) is 9.59 Å². The predicted molar refractivity (Wildman–Crippen MR) is 121 cm³/mol. The van der Waals surface area contributed by atoms with Crippen molar-refractivity contribution >= 4 is 17.6 Å². The van der Waals surface area contributed by atoms with Gasteiger partial charge < -0.3 is 19.7 Å². The number of likely N-dealkylation sites (tertiary alicyclic amines) is 1. The average molecular weight is 447 g/mol. The van der Waals surface area contributed by atoms with Crippen LogP contribution in [0.5, 0.6) is 17.2 Å². The molecule has 0 unspecified atom stereocenters. The molecule has 0 bridgehead atoms. The summed E-state index contributed by atoms with van der Waals surface area (Å²) in [6.07, 6.45) is 3.12. The molecule has 2 aliphatic rings. The SMILES string of the molecule is Cn1ncc(NC(=O)c2ccc3c(c2Oc2ccc(C(=O)N4CCC4)cc2)CC(C)(C)O3)n1. The molecule has 2 aromatic carbocycles. The molecule has 0 saturated carbocycles. The summed E-state index contributed by atoms with van der Waals surface area (Å²) in [4.78, 5) is 28.7. The molecule has 0 spiro atoms. The van der Waals surface area contributed by atoms with Crippen LogP contribution < -0.4 is 14.8 Å². The number of fused-ring (bicyclic) bond motifs is 1. The van der Waals surface area contributed by atoms with Crippen molar-refractivity contribution in [2.45, 2.75) is 32.3 Å². The zero-order valence-corrected chi connectivity index (χ0v) is 18.8. The topological polar surface area (TPSA) is 98.6 Å². The third-order valence-corrected chi connectivity index (χ3v) is 5.76. The van der Waals surface area contributed by atoms with Crippen LogP contribution in [0, 0.1) is 0 Å². The van der Waals surface area contributed by atoms with Crippen molar-refractivity contribution in [2.24, 2.45) is 7.05 Å². The minimum atomic E-state index is -0.409. The normalized spacial score (nSPS) is 15.9. The van der Waals surface area contributed by atoms with Crippen molar-refractivity contribution in [3.63, 3.8) is 0 Å². The quantitative estimate of drug-likeness (QED) is 0.644. The molecule has 2 amide bonds. The van der Waals surface area contributed by atoms with Crippen molar-refractivity contribution in [1.29, 1.82) is 0 Å². The molecule has 0 aliphatic carbocycles. The van der Waals surface area contributed by atoms with Gasteiger partial charge in [0.2, 0.25) is 0 Å². The van der Waals surface area contributed by atoms with Crippen molar-refractivity contribution in [1.82, 2.24) is 19.9 Å². The molecule has 0 atom stereocenters. The second-order valence-corrected chi connectivity index (χ2v) is 8.90. The van der Waals surface area contributed by atoms with Gasteiger partial charge in [0.15, 0.2) is 5.82 Å². The van der Waals surface area contributed by atoms with E-state index in [4.69, 9.17) is 9.47 Å². The Bertz CT molecular complexity index is 1230. The highest BCUT2D eigenvalue weighted by molar-refractivity contribution is 6.06. The Balaban J connectivity index is 1.45. The number of carbonyl (C=O) groups is 2. The highest BCUT2D eigenvalue weighted by Gasteiger charge is 2.35. The van der Waals surface area contributed by atoms with E-state index in [0.717, 1.165) is 25.1 Å². The lowest BCUT2D eigenvalue weighted by molar-refractivity contribution is 0.0651. The molecule has 33 heavy (non-hydrogen) atoms. The second kappa shape index (κ2) is 7.91. The highest BCUT2D eigenvalue weighted by atomic mass is 16.5.